The van der Waals surface area contributed by atoms with E-state index in [-0.39, 0.29) is 24.3 Å². The van der Waals surface area contributed by atoms with Gasteiger partial charge >= 0.3 is 11.9 Å². The zero-order valence-electron chi connectivity index (χ0n) is 23.8. The number of aliphatic hydroxyl groups excluding tert-OH is 1. The van der Waals surface area contributed by atoms with Gasteiger partial charge in [-0.3, -0.25) is 0 Å². The normalized spacial score (nSPS) is 16.0. The first-order valence-electron chi connectivity index (χ1n) is 13.2. The molecular formula is C29H34ClNO9S3. The number of hydrogen-bond acceptors (Lipinski definition) is 11. The number of thiophene rings is 1. The summed E-state index contributed by atoms with van der Waals surface area (Å²) in [4.78, 5) is 29.3. The van der Waals surface area contributed by atoms with Crippen molar-refractivity contribution in [2.75, 3.05) is 43.8 Å². The third-order valence-electron chi connectivity index (χ3n) is 6.29. The molecule has 1 unspecified atom stereocenters. The van der Waals surface area contributed by atoms with Crippen LogP contribution in [-0.2, 0) is 45.3 Å². The molecule has 0 bridgehead atoms. The zero-order chi connectivity index (χ0) is 31.8. The number of fused-ring (bicyclic) bond motifs is 1. The van der Waals surface area contributed by atoms with Crippen LogP contribution in [0.1, 0.15) is 17.7 Å². The maximum atomic E-state index is 13.5. The molecule has 1 aliphatic rings. The number of benzene rings is 1. The van der Waals surface area contributed by atoms with Crippen molar-refractivity contribution < 1.29 is 41.0 Å². The molecule has 0 amide bonds. The summed E-state index contributed by atoms with van der Waals surface area (Å²) >= 11 is 8.20. The number of halogens is 1. The number of aliphatic hydroxyl groups is 1. The summed E-state index contributed by atoms with van der Waals surface area (Å²) in [6, 6.07) is 7.12. The number of nitrogens with zero attached hydrogens (tertiary/aromatic N) is 1. The lowest BCUT2D eigenvalue weighted by atomic mass is 9.96. The lowest BCUT2D eigenvalue weighted by Gasteiger charge is -2.29. The van der Waals surface area contributed by atoms with Gasteiger partial charge in [0.25, 0.3) is 0 Å². The lowest BCUT2D eigenvalue weighted by Crippen LogP contribution is -2.31. The average Bonchev–Trinajstić information content (AvgIpc) is 3.23. The molecule has 1 aromatic heterocycles. The predicted octanol–water partition coefficient (Wildman–Crippen LogP) is 3.61. The molecule has 2 heterocycles. The third kappa shape index (κ3) is 10.3. The minimum atomic E-state index is -3.45. The molecule has 10 nitrogen and oxygen atoms in total. The standard InChI is InChI=1S/C29H34ClNO9S3/c1-4-21-16-20(8-7-11-32)17-23(28(33)39-12-14-42(2,35)36)24(29(34)40-13-15-43(3,37)38)18-31(21)19-26-27(30)22-9-5-6-10-25(22)41-26/h4-6,9-10,16-18,21,32H,1,7-8,11-15,19H2,2-3H3. The second-order valence-corrected chi connectivity index (χ2v) is 16.0. The molecule has 0 fully saturated rings. The van der Waals surface area contributed by atoms with E-state index in [1.165, 1.54) is 23.6 Å². The summed E-state index contributed by atoms with van der Waals surface area (Å²) in [6.45, 7) is 3.12. The molecule has 1 atom stereocenters. The first-order chi connectivity index (χ1) is 20.2. The van der Waals surface area contributed by atoms with Crippen LogP contribution < -0.4 is 0 Å². The Bertz CT molecular complexity index is 1670. The summed E-state index contributed by atoms with van der Waals surface area (Å²) in [6.07, 6.45) is 9.01. The van der Waals surface area contributed by atoms with E-state index >= 15 is 0 Å². The maximum Gasteiger partial charge on any atom is 0.340 e. The van der Waals surface area contributed by atoms with Gasteiger partial charge in [0.1, 0.15) is 13.2 Å². The fourth-order valence-electron chi connectivity index (χ4n) is 4.13. The number of sulfone groups is 2. The molecule has 0 saturated heterocycles. The molecule has 0 saturated carbocycles. The molecule has 3 rings (SSSR count). The molecule has 1 aromatic carbocycles. The first kappa shape index (κ1) is 34.5. The van der Waals surface area contributed by atoms with E-state index in [4.69, 9.17) is 21.1 Å². The Morgan fingerprint density at radius 1 is 1.05 bits per heavy atom. The van der Waals surface area contributed by atoms with Crippen molar-refractivity contribution in [1.29, 1.82) is 0 Å². The minimum Gasteiger partial charge on any atom is -0.461 e. The Labute approximate surface area is 260 Å². The summed E-state index contributed by atoms with van der Waals surface area (Å²) < 4.78 is 58.0. The van der Waals surface area contributed by atoms with Crippen molar-refractivity contribution in [3.05, 3.63) is 81.9 Å². The topological polar surface area (TPSA) is 144 Å². The number of ether oxygens (including phenoxy) is 2. The number of esters is 2. The Morgan fingerprint density at radius 2 is 1.65 bits per heavy atom. The van der Waals surface area contributed by atoms with Crippen LogP contribution >= 0.6 is 22.9 Å². The van der Waals surface area contributed by atoms with Gasteiger partial charge in [-0.25, -0.2) is 26.4 Å². The number of hydrogen-bond donors (Lipinski definition) is 1. The van der Waals surface area contributed by atoms with E-state index < -0.39 is 62.4 Å². The second kappa shape index (κ2) is 15.2. The Balaban J connectivity index is 2.13. The Morgan fingerprint density at radius 3 is 2.21 bits per heavy atom. The van der Waals surface area contributed by atoms with E-state index in [2.05, 4.69) is 6.58 Å². The number of carbonyl (C=O) groups is 2. The maximum absolute atomic E-state index is 13.5. The first-order valence-corrected chi connectivity index (χ1v) is 18.5. The quantitative estimate of drug-likeness (QED) is 0.234. The molecule has 1 N–H and O–H groups in total. The van der Waals surface area contributed by atoms with E-state index in [1.807, 2.05) is 30.3 Å². The average molecular weight is 672 g/mol. The SMILES string of the molecule is C=CC1C=C(CCCO)C=C(C(=O)OCCS(C)(=O)=O)C(C(=O)OCCS(C)(=O)=O)=CN1Cc1sc2ccccc2c1Cl. The highest BCUT2D eigenvalue weighted by Crippen LogP contribution is 2.37. The van der Waals surface area contributed by atoms with E-state index in [0.717, 1.165) is 27.5 Å². The van der Waals surface area contributed by atoms with Crippen molar-refractivity contribution in [1.82, 2.24) is 4.90 Å². The number of carbonyl (C=O) groups excluding carboxylic acids is 2. The molecule has 0 spiro atoms. The highest BCUT2D eigenvalue weighted by Gasteiger charge is 2.29. The van der Waals surface area contributed by atoms with E-state index in [1.54, 1.807) is 11.0 Å². The highest BCUT2D eigenvalue weighted by molar-refractivity contribution is 7.90. The third-order valence-corrected chi connectivity index (χ3v) is 9.81. The van der Waals surface area contributed by atoms with Crippen molar-refractivity contribution >= 4 is 64.6 Å². The molecule has 0 radical (unpaired) electrons. The number of rotatable bonds is 14. The lowest BCUT2D eigenvalue weighted by molar-refractivity contribution is -0.142. The van der Waals surface area contributed by atoms with Gasteiger partial charge in [-0.15, -0.1) is 17.9 Å². The molecule has 0 aliphatic carbocycles. The van der Waals surface area contributed by atoms with E-state index in [0.29, 0.717) is 23.4 Å². The van der Waals surface area contributed by atoms with E-state index in [9.17, 15) is 31.5 Å². The van der Waals surface area contributed by atoms with Gasteiger partial charge in [0, 0.05) is 40.3 Å². The van der Waals surface area contributed by atoms with Crippen LogP contribution in [0.15, 0.2) is 72.0 Å². The van der Waals surface area contributed by atoms with Crippen molar-refractivity contribution in [2.24, 2.45) is 0 Å². The van der Waals surface area contributed by atoms with Crippen LogP contribution in [0.3, 0.4) is 0 Å². The molecule has 234 valence electrons. The number of allylic oxidation sites excluding steroid dienone is 2. The Hall–Kier alpha value is -2.97. The van der Waals surface area contributed by atoms with Crippen molar-refractivity contribution in [3.8, 4) is 0 Å². The molecule has 2 aromatic rings. The summed E-state index contributed by atoms with van der Waals surface area (Å²) in [5.41, 5.74) is 0.143. The summed E-state index contributed by atoms with van der Waals surface area (Å²) in [5.74, 6) is -2.80. The second-order valence-electron chi connectivity index (χ2n) is 9.94. The smallest absolute Gasteiger partial charge is 0.340 e. The monoisotopic (exact) mass is 671 g/mol. The molecule has 43 heavy (non-hydrogen) atoms. The van der Waals surface area contributed by atoms with Gasteiger partial charge in [0.15, 0.2) is 19.7 Å². The molecule has 1 aliphatic heterocycles. The van der Waals surface area contributed by atoms with Gasteiger partial charge in [0.05, 0.1) is 40.3 Å². The predicted molar refractivity (Wildman–Crippen MR) is 168 cm³/mol. The van der Waals surface area contributed by atoms with Gasteiger partial charge in [-0.05, 0) is 30.6 Å². The van der Waals surface area contributed by atoms with Crippen LogP contribution in [0, 0.1) is 0 Å². The molecular weight excluding hydrogens is 638 g/mol. The van der Waals surface area contributed by atoms with Crippen molar-refractivity contribution in [3.63, 3.8) is 0 Å². The fourth-order valence-corrected chi connectivity index (χ4v) is 6.41. The van der Waals surface area contributed by atoms with Crippen LogP contribution in [-0.4, -0.2) is 88.7 Å². The van der Waals surface area contributed by atoms with Crippen LogP contribution in [0.25, 0.3) is 10.1 Å². The van der Waals surface area contributed by atoms with Crippen LogP contribution in [0.4, 0.5) is 0 Å². The highest BCUT2D eigenvalue weighted by atomic mass is 35.5. The van der Waals surface area contributed by atoms with Gasteiger partial charge in [0.2, 0.25) is 0 Å². The Kier molecular flexibility index (Phi) is 12.2. The summed E-state index contributed by atoms with van der Waals surface area (Å²) in [5, 5.41) is 10.9. The largest absolute Gasteiger partial charge is 0.461 e. The minimum absolute atomic E-state index is 0.130. The van der Waals surface area contributed by atoms with Gasteiger partial charge in [-0.1, -0.05) is 42.0 Å². The zero-order valence-corrected chi connectivity index (χ0v) is 27.0. The van der Waals surface area contributed by atoms with Gasteiger partial charge < -0.3 is 19.5 Å². The fraction of sp³-hybridized carbons (Fsp3) is 0.379. The van der Waals surface area contributed by atoms with Crippen LogP contribution in [0.5, 0.6) is 0 Å². The molecule has 14 heteroatoms. The van der Waals surface area contributed by atoms with Gasteiger partial charge in [-0.2, -0.15) is 0 Å². The van der Waals surface area contributed by atoms with Crippen molar-refractivity contribution in [2.45, 2.75) is 25.4 Å². The van der Waals surface area contributed by atoms with Crippen LogP contribution in [0.2, 0.25) is 5.02 Å². The summed E-state index contributed by atoms with van der Waals surface area (Å²) in [7, 11) is -6.89.